The molecule has 5 nitrogen and oxygen atoms in total. The number of aliphatic hydroxyl groups excluding tert-OH is 1. The van der Waals surface area contributed by atoms with Gasteiger partial charge in [0.15, 0.2) is 0 Å². The maximum atomic E-state index is 13.7. The highest BCUT2D eigenvalue weighted by Crippen LogP contribution is 2.29. The zero-order chi connectivity index (χ0) is 15.5. The maximum Gasteiger partial charge on any atom is 0.305 e. The van der Waals surface area contributed by atoms with Crippen molar-refractivity contribution in [2.75, 3.05) is 6.61 Å². The van der Waals surface area contributed by atoms with Crippen LogP contribution >= 0.6 is 0 Å². The van der Waals surface area contributed by atoms with Gasteiger partial charge in [0.25, 0.3) is 0 Å². The Hall–Kier alpha value is -1.60. The van der Waals surface area contributed by atoms with Gasteiger partial charge < -0.3 is 10.4 Å². The largest absolute Gasteiger partial charge is 0.394 e. The molecule has 2 rings (SSSR count). The van der Waals surface area contributed by atoms with Crippen LogP contribution in [0.25, 0.3) is 0 Å². The lowest BCUT2D eigenvalue weighted by Gasteiger charge is -2.36. The predicted molar refractivity (Wildman–Crippen MR) is 72.8 cm³/mol. The van der Waals surface area contributed by atoms with Gasteiger partial charge in [-0.25, -0.2) is 4.39 Å². The van der Waals surface area contributed by atoms with Crippen molar-refractivity contribution in [2.45, 2.75) is 44.2 Å². The van der Waals surface area contributed by atoms with Crippen molar-refractivity contribution in [3.05, 3.63) is 39.4 Å². The minimum absolute atomic E-state index is 0.0213. The molecule has 1 aliphatic rings. The molecule has 1 fully saturated rings. The lowest BCUT2D eigenvalue weighted by Crippen LogP contribution is -2.49. The molecule has 7 heteroatoms. The van der Waals surface area contributed by atoms with E-state index in [1.165, 1.54) is 0 Å². The smallest absolute Gasteiger partial charge is 0.305 e. The Morgan fingerprint density at radius 3 is 2.48 bits per heavy atom. The zero-order valence-corrected chi connectivity index (χ0v) is 11.6. The number of nitro benzene ring substituents is 1. The summed E-state index contributed by atoms with van der Waals surface area (Å²) in [5.74, 6) is -2.01. The highest BCUT2D eigenvalue weighted by atomic mass is 19.1. The summed E-state index contributed by atoms with van der Waals surface area (Å²) >= 11 is 0. The van der Waals surface area contributed by atoms with E-state index in [0.717, 1.165) is 38.2 Å². The Labute approximate surface area is 121 Å². The number of nitrogens with one attached hydrogen (secondary N) is 1. The van der Waals surface area contributed by atoms with Crippen LogP contribution in [0.5, 0.6) is 0 Å². The second-order valence-electron chi connectivity index (χ2n) is 5.50. The molecule has 21 heavy (non-hydrogen) atoms. The average molecular weight is 300 g/mol. The van der Waals surface area contributed by atoms with E-state index in [2.05, 4.69) is 5.32 Å². The molecule has 0 bridgehead atoms. The van der Waals surface area contributed by atoms with E-state index in [1.807, 2.05) is 0 Å². The normalized spacial score (nSPS) is 17.7. The lowest BCUT2D eigenvalue weighted by molar-refractivity contribution is -0.387. The molecule has 0 spiro atoms. The number of benzene rings is 1. The molecular weight excluding hydrogens is 282 g/mol. The molecule has 1 aromatic carbocycles. The van der Waals surface area contributed by atoms with E-state index in [-0.39, 0.29) is 18.7 Å². The molecule has 0 saturated heterocycles. The number of nitrogens with zero attached hydrogens (tertiary/aromatic N) is 1. The molecule has 1 aromatic rings. The molecular formula is C14H18F2N2O3. The number of aliphatic hydroxyl groups is 1. The third-order valence-electron chi connectivity index (χ3n) is 4.08. The first kappa shape index (κ1) is 15.8. The fourth-order valence-corrected chi connectivity index (χ4v) is 2.76. The minimum atomic E-state index is -1.18. The van der Waals surface area contributed by atoms with Crippen LogP contribution in [0, 0.1) is 21.7 Å². The molecule has 1 saturated carbocycles. The highest BCUT2D eigenvalue weighted by Gasteiger charge is 2.31. The first-order valence-electron chi connectivity index (χ1n) is 6.96. The number of hydrogen-bond acceptors (Lipinski definition) is 4. The minimum Gasteiger partial charge on any atom is -0.394 e. The van der Waals surface area contributed by atoms with E-state index in [1.54, 1.807) is 0 Å². The van der Waals surface area contributed by atoms with Gasteiger partial charge in [0, 0.05) is 29.8 Å². The summed E-state index contributed by atoms with van der Waals surface area (Å²) in [4.78, 5) is 9.82. The summed E-state index contributed by atoms with van der Waals surface area (Å²) in [5.41, 5.74) is -1.19. The van der Waals surface area contributed by atoms with Gasteiger partial charge in [-0.3, -0.25) is 10.1 Å². The summed E-state index contributed by atoms with van der Waals surface area (Å²) in [6.45, 7) is -0.0502. The van der Waals surface area contributed by atoms with Crippen molar-refractivity contribution in [1.29, 1.82) is 0 Å². The quantitative estimate of drug-likeness (QED) is 0.647. The molecule has 0 radical (unpaired) electrons. The molecule has 0 heterocycles. The van der Waals surface area contributed by atoms with Crippen LogP contribution in [-0.4, -0.2) is 22.2 Å². The van der Waals surface area contributed by atoms with Crippen LogP contribution in [-0.2, 0) is 6.54 Å². The Balaban J connectivity index is 2.15. The Bertz CT molecular complexity index is 531. The summed E-state index contributed by atoms with van der Waals surface area (Å²) in [6, 6.07) is 1.44. The van der Waals surface area contributed by atoms with Gasteiger partial charge in [-0.2, -0.15) is 4.39 Å². The molecule has 0 atom stereocenters. The van der Waals surface area contributed by atoms with E-state index < -0.39 is 27.8 Å². The van der Waals surface area contributed by atoms with Crippen LogP contribution in [0.2, 0.25) is 0 Å². The van der Waals surface area contributed by atoms with Crippen molar-refractivity contribution in [3.8, 4) is 0 Å². The van der Waals surface area contributed by atoms with Crippen molar-refractivity contribution in [3.63, 3.8) is 0 Å². The third kappa shape index (κ3) is 3.54. The lowest BCUT2D eigenvalue weighted by atomic mass is 9.82. The molecule has 116 valence electrons. The van der Waals surface area contributed by atoms with Gasteiger partial charge in [0.2, 0.25) is 5.82 Å². The second kappa shape index (κ2) is 6.44. The van der Waals surface area contributed by atoms with E-state index in [4.69, 9.17) is 0 Å². The molecule has 0 amide bonds. The monoisotopic (exact) mass is 300 g/mol. The van der Waals surface area contributed by atoms with E-state index in [9.17, 15) is 24.0 Å². The number of halogens is 2. The molecule has 0 unspecified atom stereocenters. The summed E-state index contributed by atoms with van der Waals surface area (Å²) in [7, 11) is 0. The zero-order valence-electron chi connectivity index (χ0n) is 11.6. The van der Waals surface area contributed by atoms with Gasteiger partial charge >= 0.3 is 5.69 Å². The van der Waals surface area contributed by atoms with E-state index >= 15 is 0 Å². The fraction of sp³-hybridized carbons (Fsp3) is 0.571. The Morgan fingerprint density at radius 2 is 1.90 bits per heavy atom. The van der Waals surface area contributed by atoms with Gasteiger partial charge in [-0.05, 0) is 12.8 Å². The first-order valence-corrected chi connectivity index (χ1v) is 6.96. The van der Waals surface area contributed by atoms with Crippen LogP contribution in [0.15, 0.2) is 12.1 Å². The van der Waals surface area contributed by atoms with Crippen molar-refractivity contribution in [2.24, 2.45) is 0 Å². The maximum absolute atomic E-state index is 13.7. The van der Waals surface area contributed by atoms with Crippen molar-refractivity contribution >= 4 is 5.69 Å². The SMILES string of the molecule is O=[N+]([O-])c1cc(CNC2(CO)CCCCC2)c(F)cc1F. The van der Waals surface area contributed by atoms with Crippen LogP contribution in [0.3, 0.4) is 0 Å². The molecule has 0 aromatic heterocycles. The first-order chi connectivity index (χ1) is 9.97. The predicted octanol–water partition coefficient (Wildman–Crippen LogP) is 2.66. The molecule has 2 N–H and O–H groups in total. The van der Waals surface area contributed by atoms with Gasteiger partial charge in [-0.15, -0.1) is 0 Å². The second-order valence-corrected chi connectivity index (χ2v) is 5.50. The van der Waals surface area contributed by atoms with Gasteiger partial charge in [-0.1, -0.05) is 19.3 Å². The van der Waals surface area contributed by atoms with Crippen LogP contribution in [0.1, 0.15) is 37.7 Å². The topological polar surface area (TPSA) is 75.4 Å². The van der Waals surface area contributed by atoms with Crippen LogP contribution in [0.4, 0.5) is 14.5 Å². The Kier molecular flexibility index (Phi) is 4.84. The molecule has 1 aliphatic carbocycles. The molecule has 0 aliphatic heterocycles. The number of nitro groups is 1. The summed E-state index contributed by atoms with van der Waals surface area (Å²) in [5, 5.41) is 23.3. The third-order valence-corrected chi connectivity index (χ3v) is 4.08. The average Bonchev–Trinajstić information content (AvgIpc) is 2.47. The van der Waals surface area contributed by atoms with Gasteiger partial charge in [0.05, 0.1) is 11.5 Å². The van der Waals surface area contributed by atoms with Crippen LogP contribution < -0.4 is 5.32 Å². The number of hydrogen-bond donors (Lipinski definition) is 2. The van der Waals surface area contributed by atoms with Gasteiger partial charge in [0.1, 0.15) is 5.82 Å². The highest BCUT2D eigenvalue weighted by molar-refractivity contribution is 5.37. The van der Waals surface area contributed by atoms with Crippen molar-refractivity contribution in [1.82, 2.24) is 5.32 Å². The van der Waals surface area contributed by atoms with Crippen molar-refractivity contribution < 1.29 is 18.8 Å². The standard InChI is InChI=1S/C14H18F2N2O3/c15-11-7-12(16)13(18(20)21)6-10(11)8-17-14(9-19)4-2-1-3-5-14/h6-7,17,19H,1-5,8-9H2. The van der Waals surface area contributed by atoms with E-state index in [0.29, 0.717) is 6.07 Å². The fourth-order valence-electron chi connectivity index (χ4n) is 2.76. The Morgan fingerprint density at radius 1 is 1.24 bits per heavy atom. The summed E-state index contributed by atoms with van der Waals surface area (Å²) < 4.78 is 27.0. The number of rotatable bonds is 5. The summed E-state index contributed by atoms with van der Waals surface area (Å²) in [6.07, 6.45) is 4.59.